The fourth-order valence-corrected chi connectivity index (χ4v) is 6.03. The highest BCUT2D eigenvalue weighted by Gasteiger charge is 2.29. The van der Waals surface area contributed by atoms with Gasteiger partial charge in [-0.1, -0.05) is 55.0 Å². The zero-order valence-corrected chi connectivity index (χ0v) is 24.4. The first-order valence-electron chi connectivity index (χ1n) is 13.9. The predicted octanol–water partition coefficient (Wildman–Crippen LogP) is 6.46. The van der Waals surface area contributed by atoms with Crippen LogP contribution in [0.2, 0.25) is 10.0 Å². The minimum absolute atomic E-state index is 0.0761. The molecule has 3 unspecified atom stereocenters. The molecule has 3 N–H and O–H groups in total. The fourth-order valence-electron chi connectivity index (χ4n) is 5.73. The Morgan fingerprint density at radius 1 is 1.02 bits per heavy atom. The lowest BCUT2D eigenvalue weighted by atomic mass is 10.0. The molecule has 4 rings (SSSR count). The van der Waals surface area contributed by atoms with Crippen LogP contribution < -0.4 is 15.5 Å². The number of nitrogens with one attached hydrogen (secondary N) is 2. The highest BCUT2D eigenvalue weighted by atomic mass is 35.5. The normalized spacial score (nSPS) is 20.2. The lowest BCUT2D eigenvalue weighted by Gasteiger charge is -2.41. The third-order valence-corrected chi connectivity index (χ3v) is 8.50. The van der Waals surface area contributed by atoms with E-state index in [2.05, 4.69) is 29.4 Å². The monoisotopic (exact) mass is 589 g/mol. The van der Waals surface area contributed by atoms with Crippen molar-refractivity contribution in [2.24, 2.45) is 5.92 Å². The van der Waals surface area contributed by atoms with Crippen molar-refractivity contribution in [1.82, 2.24) is 5.32 Å². The summed E-state index contributed by atoms with van der Waals surface area (Å²) in [7, 11) is 0. The van der Waals surface area contributed by atoms with Crippen molar-refractivity contribution >= 4 is 52.4 Å². The van der Waals surface area contributed by atoms with Crippen LogP contribution in [0.5, 0.6) is 0 Å². The van der Waals surface area contributed by atoms with Gasteiger partial charge in [0.1, 0.15) is 0 Å². The Morgan fingerprint density at radius 3 is 2.38 bits per heavy atom. The topological polar surface area (TPSA) is 108 Å². The number of aliphatic carboxylic acids is 1. The van der Waals surface area contributed by atoms with Crippen molar-refractivity contribution in [2.75, 3.05) is 23.4 Å². The van der Waals surface area contributed by atoms with Gasteiger partial charge in [0.05, 0.1) is 47.1 Å². The van der Waals surface area contributed by atoms with E-state index in [1.807, 2.05) is 6.07 Å². The average Bonchev–Trinajstić information content (AvgIpc) is 3.43. The number of benzene rings is 2. The lowest BCUT2D eigenvalue weighted by molar-refractivity contribution is -0.137. The third kappa shape index (κ3) is 7.68. The van der Waals surface area contributed by atoms with Crippen molar-refractivity contribution in [3.63, 3.8) is 0 Å². The number of amides is 2. The van der Waals surface area contributed by atoms with Crippen molar-refractivity contribution in [3.8, 4) is 0 Å². The second-order valence-corrected chi connectivity index (χ2v) is 11.7. The van der Waals surface area contributed by atoms with Gasteiger partial charge in [0, 0.05) is 24.1 Å². The highest BCUT2D eigenvalue weighted by molar-refractivity contribution is 6.42. The highest BCUT2D eigenvalue weighted by Crippen LogP contribution is 2.34. The Bertz CT molecular complexity index is 1220. The van der Waals surface area contributed by atoms with Crippen LogP contribution in [0, 0.1) is 5.92 Å². The van der Waals surface area contributed by atoms with E-state index in [9.17, 15) is 19.5 Å². The Balaban J connectivity index is 1.59. The summed E-state index contributed by atoms with van der Waals surface area (Å²) >= 11 is 12.2. The van der Waals surface area contributed by atoms with E-state index in [1.165, 1.54) is 25.7 Å². The average molecular weight is 591 g/mol. The van der Waals surface area contributed by atoms with Gasteiger partial charge in [-0.3, -0.25) is 14.4 Å². The van der Waals surface area contributed by atoms with Crippen molar-refractivity contribution in [3.05, 3.63) is 57.6 Å². The first-order valence-corrected chi connectivity index (χ1v) is 14.7. The molecule has 1 saturated heterocycles. The van der Waals surface area contributed by atoms with Crippen LogP contribution in [0.15, 0.2) is 36.4 Å². The number of morpholine rings is 1. The summed E-state index contributed by atoms with van der Waals surface area (Å²) in [6.07, 6.45) is 5.74. The van der Waals surface area contributed by atoms with Gasteiger partial charge in [0.15, 0.2) is 0 Å². The zero-order valence-electron chi connectivity index (χ0n) is 22.9. The SMILES string of the molecule is CC1COCC(C)N1c1ccc(C(=O)NC(CC(=O)O)c2ccc(Cl)c(Cl)c2)cc1NC(=O)CCC1CCCC1. The number of halogens is 2. The molecule has 1 saturated carbocycles. The number of carbonyl (C=O) groups excluding carboxylic acids is 2. The van der Waals surface area contributed by atoms with E-state index in [4.69, 9.17) is 27.9 Å². The van der Waals surface area contributed by atoms with Gasteiger partial charge in [0.25, 0.3) is 5.91 Å². The Morgan fingerprint density at radius 2 is 1.73 bits per heavy atom. The molecule has 3 atom stereocenters. The second kappa shape index (κ2) is 13.7. The van der Waals surface area contributed by atoms with Gasteiger partial charge < -0.3 is 25.4 Å². The summed E-state index contributed by atoms with van der Waals surface area (Å²) in [6, 6.07) is 9.28. The van der Waals surface area contributed by atoms with E-state index in [-0.39, 0.29) is 29.4 Å². The molecule has 1 aliphatic carbocycles. The van der Waals surface area contributed by atoms with Gasteiger partial charge >= 0.3 is 5.97 Å². The summed E-state index contributed by atoms with van der Waals surface area (Å²) in [5.41, 5.74) is 2.20. The van der Waals surface area contributed by atoms with E-state index in [0.717, 1.165) is 12.1 Å². The molecule has 2 aromatic carbocycles. The molecule has 1 heterocycles. The van der Waals surface area contributed by atoms with E-state index in [1.54, 1.807) is 30.3 Å². The van der Waals surface area contributed by atoms with Crippen molar-refractivity contribution in [2.45, 2.75) is 76.9 Å². The molecule has 0 radical (unpaired) electrons. The van der Waals surface area contributed by atoms with Crippen LogP contribution in [0.4, 0.5) is 11.4 Å². The predicted molar refractivity (Wildman–Crippen MR) is 157 cm³/mol. The molecule has 2 aliphatic rings. The number of rotatable bonds is 10. The molecular weight excluding hydrogens is 553 g/mol. The van der Waals surface area contributed by atoms with E-state index in [0.29, 0.717) is 47.4 Å². The number of carboxylic acid groups (broad SMARTS) is 1. The number of anilines is 2. The quantitative estimate of drug-likeness (QED) is 0.293. The zero-order chi connectivity index (χ0) is 28.8. The van der Waals surface area contributed by atoms with Gasteiger partial charge in [-0.25, -0.2) is 0 Å². The smallest absolute Gasteiger partial charge is 0.305 e. The maximum atomic E-state index is 13.4. The summed E-state index contributed by atoms with van der Waals surface area (Å²) in [4.78, 5) is 40.3. The largest absolute Gasteiger partial charge is 0.481 e. The molecule has 40 heavy (non-hydrogen) atoms. The molecule has 0 spiro atoms. The van der Waals surface area contributed by atoms with Crippen LogP contribution in [-0.2, 0) is 14.3 Å². The van der Waals surface area contributed by atoms with E-state index >= 15 is 0 Å². The molecule has 0 aromatic heterocycles. The Labute approximate surface area is 245 Å². The number of ether oxygens (including phenoxy) is 1. The molecule has 10 heteroatoms. The van der Waals surface area contributed by atoms with Crippen molar-refractivity contribution in [1.29, 1.82) is 0 Å². The minimum Gasteiger partial charge on any atom is -0.481 e. The summed E-state index contributed by atoms with van der Waals surface area (Å²) in [5.74, 6) is -1.03. The van der Waals surface area contributed by atoms with Crippen LogP contribution in [0.25, 0.3) is 0 Å². The van der Waals surface area contributed by atoms with Gasteiger partial charge in [0.2, 0.25) is 5.91 Å². The first kappa shape index (κ1) is 30.2. The molecule has 216 valence electrons. The first-order chi connectivity index (χ1) is 19.1. The number of hydrogen-bond acceptors (Lipinski definition) is 5. The Kier molecular flexibility index (Phi) is 10.3. The molecule has 2 amide bonds. The van der Waals surface area contributed by atoms with Crippen LogP contribution in [0.1, 0.15) is 80.8 Å². The number of hydrogen-bond donors (Lipinski definition) is 3. The molecule has 1 aliphatic heterocycles. The van der Waals surface area contributed by atoms with Gasteiger partial charge in [-0.05, 0) is 62.1 Å². The molecule has 0 bridgehead atoms. The summed E-state index contributed by atoms with van der Waals surface area (Å²) in [5, 5.41) is 16.0. The Hall–Kier alpha value is -2.81. The van der Waals surface area contributed by atoms with E-state index < -0.39 is 17.9 Å². The summed E-state index contributed by atoms with van der Waals surface area (Å²) in [6.45, 7) is 5.25. The van der Waals surface area contributed by atoms with Crippen LogP contribution in [0.3, 0.4) is 0 Å². The third-order valence-electron chi connectivity index (χ3n) is 7.76. The fraction of sp³-hybridized carbons (Fsp3) is 0.500. The van der Waals surface area contributed by atoms with Crippen LogP contribution in [-0.4, -0.2) is 48.2 Å². The van der Waals surface area contributed by atoms with Crippen molar-refractivity contribution < 1.29 is 24.2 Å². The lowest BCUT2D eigenvalue weighted by Crippen LogP contribution is -2.50. The summed E-state index contributed by atoms with van der Waals surface area (Å²) < 4.78 is 5.70. The molecule has 2 fully saturated rings. The standard InChI is InChI=1S/C30H37Cl2N3O5/c1-18-16-40-17-19(2)35(18)27-11-9-22(14-26(27)33-28(36)12-7-20-5-3-4-6-20)30(39)34-25(15-29(37)38)21-8-10-23(31)24(32)13-21/h8-11,13-14,18-20,25H,3-7,12,15-17H2,1-2H3,(H,33,36)(H,34,39)(H,37,38). The van der Waals surface area contributed by atoms with Gasteiger partial charge in [-0.2, -0.15) is 0 Å². The number of carboxylic acids is 1. The molecule has 2 aromatic rings. The number of carbonyl (C=O) groups is 3. The second-order valence-electron chi connectivity index (χ2n) is 10.9. The van der Waals surface area contributed by atoms with Gasteiger partial charge in [-0.15, -0.1) is 0 Å². The number of nitrogens with zero attached hydrogens (tertiary/aromatic N) is 1. The van der Waals surface area contributed by atoms with Crippen LogP contribution >= 0.6 is 23.2 Å². The maximum absolute atomic E-state index is 13.4. The maximum Gasteiger partial charge on any atom is 0.305 e. The molecular formula is C30H37Cl2N3O5. The minimum atomic E-state index is -1.07. The molecule has 8 nitrogen and oxygen atoms in total.